The van der Waals surface area contributed by atoms with Crippen molar-refractivity contribution in [2.75, 3.05) is 0 Å². The number of carbonyl (C=O) groups excluding carboxylic acids is 2. The highest BCUT2D eigenvalue weighted by Crippen LogP contribution is 2.17. The first kappa shape index (κ1) is 37.2. The van der Waals surface area contributed by atoms with Gasteiger partial charge in [0.25, 0.3) is 0 Å². The zero-order valence-corrected chi connectivity index (χ0v) is 25.0. The second-order valence-corrected chi connectivity index (χ2v) is 10.6. The zero-order chi connectivity index (χ0) is 26.2. The fraction of sp³-hybridized carbons (Fsp3) is 0.885. The Morgan fingerprint density at radius 3 is 1.24 bits per heavy atom. The monoisotopic (exact) mass is 604 g/mol. The lowest BCUT2D eigenvalue weighted by molar-refractivity contribution is -0.149. The van der Waals surface area contributed by atoms with Crippen LogP contribution in [0.25, 0.3) is 0 Å². The van der Waals surface area contributed by atoms with Gasteiger partial charge in [-0.2, -0.15) is 0 Å². The lowest BCUT2D eigenvalue weighted by Gasteiger charge is -2.15. The molecule has 1 unspecified atom stereocenters. The minimum absolute atomic E-state index is 0.0127. The van der Waals surface area contributed by atoms with Crippen LogP contribution in [0.15, 0.2) is 0 Å². The van der Waals surface area contributed by atoms with Gasteiger partial charge >= 0.3 is 11.9 Å². The molecule has 0 saturated heterocycles. The van der Waals surface area contributed by atoms with Crippen LogP contribution in [0.5, 0.6) is 0 Å². The Balaban J connectivity index is -0.000000415. The van der Waals surface area contributed by atoms with Gasteiger partial charge < -0.3 is 9.84 Å². The Kier molecular flexibility index (Phi) is 29.6. The molecule has 0 heterocycles. The molecule has 0 aliphatic heterocycles. The van der Waals surface area contributed by atoms with Crippen LogP contribution < -0.4 is 0 Å². The largest absolute Gasteiger partial charge is 0.481 e. The van der Waals surface area contributed by atoms with Crippen molar-refractivity contribution in [1.29, 1.82) is 0 Å². The molecule has 0 aromatic carbocycles. The van der Waals surface area contributed by atoms with E-state index in [1.165, 1.54) is 0 Å². The number of carboxylic acid groups (broad SMARTS) is 1. The Bertz CT molecular complexity index is 441. The average molecular weight is 605 g/mol. The van der Waals surface area contributed by atoms with Gasteiger partial charge in [-0.15, -0.1) is 0 Å². The van der Waals surface area contributed by atoms with E-state index in [-0.39, 0.29) is 33.1 Å². The van der Waals surface area contributed by atoms with Crippen LogP contribution in [0.3, 0.4) is 0 Å². The second-order valence-electron chi connectivity index (χ2n) is 8.45. The molecule has 5 nitrogen and oxygen atoms in total. The molecule has 0 aromatic rings. The molecular formula is C26H50ClIO5. The summed E-state index contributed by atoms with van der Waals surface area (Å²) in [6.45, 7) is 14.3. The van der Waals surface area contributed by atoms with Crippen molar-refractivity contribution < 1.29 is 24.2 Å². The van der Waals surface area contributed by atoms with E-state index in [1.807, 2.05) is 20.8 Å². The van der Waals surface area contributed by atoms with Gasteiger partial charge in [0.05, 0.1) is 11.8 Å². The number of aliphatic carboxylic acids is 1. The van der Waals surface area contributed by atoms with E-state index in [1.54, 1.807) is 0 Å². The molecule has 1 atom stereocenters. The molecule has 0 aliphatic carbocycles. The summed E-state index contributed by atoms with van der Waals surface area (Å²) in [6.07, 6.45) is 11.6. The van der Waals surface area contributed by atoms with Crippen LogP contribution in [0.4, 0.5) is 0 Å². The van der Waals surface area contributed by atoms with Crippen LogP contribution in [-0.2, 0) is 19.1 Å². The lowest BCUT2D eigenvalue weighted by Crippen LogP contribution is -2.19. The topological polar surface area (TPSA) is 80.7 Å². The molecule has 0 radical (unpaired) electrons. The molecule has 0 fully saturated rings. The molecule has 0 aromatic heterocycles. The molecule has 0 bridgehead atoms. The third-order valence-corrected chi connectivity index (χ3v) is 5.67. The number of rotatable bonds is 16. The quantitative estimate of drug-likeness (QED) is 0.0824. The molecular weight excluding hydrogens is 555 g/mol. The van der Waals surface area contributed by atoms with Gasteiger partial charge in [-0.3, -0.25) is 14.4 Å². The van der Waals surface area contributed by atoms with Crippen molar-refractivity contribution >= 4 is 51.4 Å². The summed E-state index contributed by atoms with van der Waals surface area (Å²) in [5, 5.41) is 8.47. The van der Waals surface area contributed by atoms with E-state index >= 15 is 0 Å². The fourth-order valence-electron chi connectivity index (χ4n) is 3.49. The highest BCUT2D eigenvalue weighted by Gasteiger charge is 2.19. The maximum absolute atomic E-state index is 11.5. The summed E-state index contributed by atoms with van der Waals surface area (Å²) in [5.41, 5.74) is 0. The Morgan fingerprint density at radius 2 is 1.00 bits per heavy atom. The number of ether oxygens (including phenoxy) is 1. The van der Waals surface area contributed by atoms with Crippen LogP contribution in [0.1, 0.15) is 126 Å². The number of hydrogen-bond acceptors (Lipinski definition) is 4. The van der Waals surface area contributed by atoms with Crippen molar-refractivity contribution in [1.82, 2.24) is 0 Å². The highest BCUT2D eigenvalue weighted by molar-refractivity contribution is 14.1. The van der Waals surface area contributed by atoms with Crippen molar-refractivity contribution in [2.45, 2.75) is 130 Å². The van der Waals surface area contributed by atoms with Crippen LogP contribution >= 0.6 is 34.2 Å². The average Bonchev–Trinajstić information content (AvgIpc) is 2.73. The van der Waals surface area contributed by atoms with Gasteiger partial charge in [0.15, 0.2) is 0 Å². The van der Waals surface area contributed by atoms with Crippen molar-refractivity contribution in [3.05, 3.63) is 0 Å². The van der Waals surface area contributed by atoms with Crippen molar-refractivity contribution in [2.24, 2.45) is 17.8 Å². The Labute approximate surface area is 222 Å². The normalized spacial score (nSPS) is 11.4. The summed E-state index contributed by atoms with van der Waals surface area (Å²) in [6, 6.07) is 0. The first-order valence-corrected chi connectivity index (χ1v) is 14.4. The number of hydrogen-bond donors (Lipinski definition) is 1. The van der Waals surface area contributed by atoms with E-state index in [0.29, 0.717) is 0 Å². The van der Waals surface area contributed by atoms with Gasteiger partial charge in [0.1, 0.15) is 4.11 Å². The van der Waals surface area contributed by atoms with Crippen LogP contribution in [-0.4, -0.2) is 26.4 Å². The van der Waals surface area contributed by atoms with E-state index < -0.39 is 5.97 Å². The van der Waals surface area contributed by atoms with E-state index in [0.717, 1.165) is 77.0 Å². The van der Waals surface area contributed by atoms with Crippen LogP contribution in [0.2, 0.25) is 0 Å². The van der Waals surface area contributed by atoms with E-state index in [2.05, 4.69) is 50.3 Å². The SMILES string of the molecule is CCCC(CCC)C(=O)Cl.CCCC(CCC)C(=O)O.CCCC(CCC)C(=O)OC(C)I. The van der Waals surface area contributed by atoms with Crippen LogP contribution in [0, 0.1) is 17.8 Å². The highest BCUT2D eigenvalue weighted by atomic mass is 127. The Hall–Kier alpha value is -0.370. The predicted octanol–water partition coefficient (Wildman–Crippen LogP) is 8.78. The molecule has 198 valence electrons. The maximum atomic E-state index is 11.5. The summed E-state index contributed by atoms with van der Waals surface area (Å²) in [7, 11) is 0. The standard InChI is InChI=1S/C10H19IO2.C8H15ClO.C8H16O2/c1-4-6-9(7-5-2)10(12)13-8(3)11;2*1-3-5-7(6-4-2)8(9)10/h8-9H,4-7H2,1-3H3;7H,3-6H2,1-2H3;7H,3-6H2,1-2H3,(H,9,10). The summed E-state index contributed by atoms with van der Waals surface area (Å²) < 4.78 is 5.15. The van der Waals surface area contributed by atoms with Crippen molar-refractivity contribution in [3.8, 4) is 0 Å². The molecule has 0 rings (SSSR count). The third kappa shape index (κ3) is 24.6. The number of esters is 1. The smallest absolute Gasteiger partial charge is 0.309 e. The van der Waals surface area contributed by atoms with Gasteiger partial charge in [-0.05, 0) is 79.6 Å². The van der Waals surface area contributed by atoms with Gasteiger partial charge in [0, 0.05) is 5.92 Å². The fourth-order valence-corrected chi connectivity index (χ4v) is 3.96. The van der Waals surface area contributed by atoms with E-state index in [4.69, 9.17) is 21.4 Å². The molecule has 1 N–H and O–H groups in total. The predicted molar refractivity (Wildman–Crippen MR) is 148 cm³/mol. The second kappa shape index (κ2) is 26.2. The minimum Gasteiger partial charge on any atom is -0.481 e. The number of carbonyl (C=O) groups is 3. The van der Waals surface area contributed by atoms with Gasteiger partial charge in [0.2, 0.25) is 5.24 Å². The summed E-state index contributed by atoms with van der Waals surface area (Å²) in [5.74, 6) is -0.534. The number of alkyl halides is 1. The van der Waals surface area contributed by atoms with Gasteiger partial charge in [-0.25, -0.2) is 0 Å². The summed E-state index contributed by atoms with van der Waals surface area (Å²) in [4.78, 5) is 32.7. The molecule has 33 heavy (non-hydrogen) atoms. The van der Waals surface area contributed by atoms with Crippen molar-refractivity contribution in [3.63, 3.8) is 0 Å². The summed E-state index contributed by atoms with van der Waals surface area (Å²) >= 11 is 7.47. The maximum Gasteiger partial charge on any atom is 0.309 e. The number of carboxylic acids is 1. The molecule has 0 saturated carbocycles. The molecule has 0 amide bonds. The minimum atomic E-state index is -0.635. The number of halogens is 2. The van der Waals surface area contributed by atoms with E-state index in [9.17, 15) is 14.4 Å². The third-order valence-electron chi connectivity index (χ3n) is 5.10. The molecule has 7 heteroatoms. The zero-order valence-electron chi connectivity index (χ0n) is 22.1. The lowest BCUT2D eigenvalue weighted by atomic mass is 9.99. The first-order chi connectivity index (χ1) is 15.6. The molecule has 0 spiro atoms. The molecule has 0 aliphatic rings. The Morgan fingerprint density at radius 1 is 0.697 bits per heavy atom. The first-order valence-electron chi connectivity index (χ1n) is 12.8. The van der Waals surface area contributed by atoms with Gasteiger partial charge in [-0.1, -0.05) is 80.1 Å².